The van der Waals surface area contributed by atoms with E-state index < -0.39 is 0 Å². The molecule has 1 heterocycles. The van der Waals surface area contributed by atoms with Gasteiger partial charge in [0.25, 0.3) is 5.89 Å². The van der Waals surface area contributed by atoms with E-state index in [1.165, 1.54) is 6.07 Å². The van der Waals surface area contributed by atoms with Gasteiger partial charge in [-0.1, -0.05) is 19.1 Å². The molecule has 0 fully saturated rings. The first-order chi connectivity index (χ1) is 9.31. The summed E-state index contributed by atoms with van der Waals surface area (Å²) < 4.78 is 19.0. The van der Waals surface area contributed by atoms with Gasteiger partial charge in [0.1, 0.15) is 5.82 Å². The van der Waals surface area contributed by atoms with Crippen LogP contribution in [0.15, 0.2) is 28.7 Å². The quantitative estimate of drug-likeness (QED) is 0.780. The third-order valence-corrected chi connectivity index (χ3v) is 2.74. The van der Waals surface area contributed by atoms with Crippen molar-refractivity contribution in [3.8, 4) is 11.5 Å². The third-order valence-electron chi connectivity index (χ3n) is 2.74. The average molecular weight is 263 g/mol. The SMILES string of the molecule is CCCNCCCc1nnc(-c2ccccc2F)o1. The van der Waals surface area contributed by atoms with E-state index in [2.05, 4.69) is 22.4 Å². The zero-order valence-electron chi connectivity index (χ0n) is 11.0. The summed E-state index contributed by atoms with van der Waals surface area (Å²) in [7, 11) is 0. The van der Waals surface area contributed by atoms with Gasteiger partial charge >= 0.3 is 0 Å². The molecule has 1 N–H and O–H groups in total. The lowest BCUT2D eigenvalue weighted by Gasteiger charge is -2.00. The summed E-state index contributed by atoms with van der Waals surface area (Å²) in [5, 5.41) is 11.1. The Hall–Kier alpha value is -1.75. The predicted molar refractivity (Wildman–Crippen MR) is 71.2 cm³/mol. The van der Waals surface area contributed by atoms with Gasteiger partial charge in [0.2, 0.25) is 5.89 Å². The van der Waals surface area contributed by atoms with E-state index in [0.29, 0.717) is 17.9 Å². The van der Waals surface area contributed by atoms with E-state index >= 15 is 0 Å². The van der Waals surface area contributed by atoms with Crippen LogP contribution in [-0.2, 0) is 6.42 Å². The molecule has 0 saturated carbocycles. The molecule has 0 aliphatic heterocycles. The number of hydrogen-bond acceptors (Lipinski definition) is 4. The number of halogens is 1. The largest absolute Gasteiger partial charge is 0.421 e. The number of hydrogen-bond donors (Lipinski definition) is 1. The van der Waals surface area contributed by atoms with Crippen LogP contribution in [-0.4, -0.2) is 23.3 Å². The molecule has 0 aliphatic rings. The fourth-order valence-corrected chi connectivity index (χ4v) is 1.76. The molecule has 1 aromatic carbocycles. The summed E-state index contributed by atoms with van der Waals surface area (Å²) in [4.78, 5) is 0. The standard InChI is InChI=1S/C14H18FN3O/c1-2-9-16-10-5-8-13-17-18-14(19-13)11-6-3-4-7-12(11)15/h3-4,6-7,16H,2,5,8-10H2,1H3. The van der Waals surface area contributed by atoms with Crippen molar-refractivity contribution in [2.75, 3.05) is 13.1 Å². The summed E-state index contributed by atoms with van der Waals surface area (Å²) in [6.45, 7) is 4.07. The van der Waals surface area contributed by atoms with E-state index in [4.69, 9.17) is 4.42 Å². The first-order valence-electron chi connectivity index (χ1n) is 6.59. The highest BCUT2D eigenvalue weighted by Gasteiger charge is 2.11. The van der Waals surface area contributed by atoms with Crippen molar-refractivity contribution in [2.45, 2.75) is 26.2 Å². The molecule has 4 nitrogen and oxygen atoms in total. The minimum atomic E-state index is -0.345. The highest BCUT2D eigenvalue weighted by atomic mass is 19.1. The fourth-order valence-electron chi connectivity index (χ4n) is 1.76. The molecule has 0 unspecified atom stereocenters. The summed E-state index contributed by atoms with van der Waals surface area (Å²) in [5.74, 6) is 0.452. The second kappa shape index (κ2) is 6.99. The molecule has 0 radical (unpaired) electrons. The van der Waals surface area contributed by atoms with Crippen LogP contribution < -0.4 is 5.32 Å². The van der Waals surface area contributed by atoms with Crippen molar-refractivity contribution in [3.05, 3.63) is 36.0 Å². The van der Waals surface area contributed by atoms with E-state index in [0.717, 1.165) is 25.9 Å². The van der Waals surface area contributed by atoms with Crippen molar-refractivity contribution in [1.29, 1.82) is 0 Å². The van der Waals surface area contributed by atoms with Crippen molar-refractivity contribution >= 4 is 0 Å². The molecule has 0 atom stereocenters. The molecular weight excluding hydrogens is 245 g/mol. The lowest BCUT2D eigenvalue weighted by Crippen LogP contribution is -2.16. The van der Waals surface area contributed by atoms with Crippen LogP contribution in [0.3, 0.4) is 0 Å². The van der Waals surface area contributed by atoms with Gasteiger partial charge in [0.15, 0.2) is 0 Å². The van der Waals surface area contributed by atoms with Gasteiger partial charge in [-0.05, 0) is 38.1 Å². The van der Waals surface area contributed by atoms with Crippen LogP contribution >= 0.6 is 0 Å². The second-order valence-electron chi connectivity index (χ2n) is 4.33. The topological polar surface area (TPSA) is 51.0 Å². The maximum atomic E-state index is 13.5. The van der Waals surface area contributed by atoms with Crippen molar-refractivity contribution < 1.29 is 8.81 Å². The predicted octanol–water partition coefficient (Wildman–Crippen LogP) is 2.81. The zero-order chi connectivity index (χ0) is 13.5. The number of nitrogens with one attached hydrogen (secondary N) is 1. The Morgan fingerprint density at radius 1 is 1.21 bits per heavy atom. The van der Waals surface area contributed by atoms with Crippen molar-refractivity contribution in [3.63, 3.8) is 0 Å². The minimum absolute atomic E-state index is 0.245. The van der Waals surface area contributed by atoms with Gasteiger partial charge < -0.3 is 9.73 Å². The number of aryl methyl sites for hydroxylation is 1. The molecule has 0 saturated heterocycles. The van der Waals surface area contributed by atoms with Gasteiger partial charge in [0.05, 0.1) is 5.56 Å². The molecule has 0 bridgehead atoms. The van der Waals surface area contributed by atoms with Gasteiger partial charge in [-0.15, -0.1) is 10.2 Å². The van der Waals surface area contributed by atoms with E-state index in [1.54, 1.807) is 18.2 Å². The van der Waals surface area contributed by atoms with Gasteiger partial charge in [-0.2, -0.15) is 0 Å². The van der Waals surface area contributed by atoms with Crippen LogP contribution in [0.2, 0.25) is 0 Å². The molecule has 2 aromatic rings. The zero-order valence-corrected chi connectivity index (χ0v) is 11.0. The number of rotatable bonds is 7. The molecule has 5 heteroatoms. The van der Waals surface area contributed by atoms with Crippen molar-refractivity contribution in [1.82, 2.24) is 15.5 Å². The molecule has 2 rings (SSSR count). The maximum Gasteiger partial charge on any atom is 0.250 e. The smallest absolute Gasteiger partial charge is 0.250 e. The number of benzene rings is 1. The molecule has 0 spiro atoms. The molecular formula is C14H18FN3O. The van der Waals surface area contributed by atoms with Crippen LogP contribution in [0.25, 0.3) is 11.5 Å². The summed E-state index contributed by atoms with van der Waals surface area (Å²) in [6, 6.07) is 6.40. The summed E-state index contributed by atoms with van der Waals surface area (Å²) in [5.41, 5.74) is 0.352. The lowest BCUT2D eigenvalue weighted by molar-refractivity contribution is 0.488. The highest BCUT2D eigenvalue weighted by Crippen LogP contribution is 2.21. The second-order valence-corrected chi connectivity index (χ2v) is 4.33. The van der Waals surface area contributed by atoms with E-state index in [-0.39, 0.29) is 11.7 Å². The summed E-state index contributed by atoms with van der Waals surface area (Å²) in [6.07, 6.45) is 2.76. The Kier molecular flexibility index (Phi) is 5.03. The Balaban J connectivity index is 1.91. The monoisotopic (exact) mass is 263 g/mol. The van der Waals surface area contributed by atoms with Crippen LogP contribution in [0.1, 0.15) is 25.7 Å². The van der Waals surface area contributed by atoms with Crippen LogP contribution in [0, 0.1) is 5.82 Å². The third kappa shape index (κ3) is 3.86. The first-order valence-corrected chi connectivity index (χ1v) is 6.59. The Morgan fingerprint density at radius 3 is 2.84 bits per heavy atom. The van der Waals surface area contributed by atoms with Crippen LogP contribution in [0.4, 0.5) is 4.39 Å². The summed E-state index contributed by atoms with van der Waals surface area (Å²) >= 11 is 0. The van der Waals surface area contributed by atoms with Crippen molar-refractivity contribution in [2.24, 2.45) is 0 Å². The Labute approximate surface area is 112 Å². The normalized spacial score (nSPS) is 10.8. The van der Waals surface area contributed by atoms with Gasteiger partial charge in [0, 0.05) is 6.42 Å². The average Bonchev–Trinajstić information content (AvgIpc) is 2.88. The molecule has 19 heavy (non-hydrogen) atoms. The van der Waals surface area contributed by atoms with Gasteiger partial charge in [-0.3, -0.25) is 0 Å². The number of nitrogens with zero attached hydrogens (tertiary/aromatic N) is 2. The van der Waals surface area contributed by atoms with Gasteiger partial charge in [-0.25, -0.2) is 4.39 Å². The molecule has 1 aromatic heterocycles. The lowest BCUT2D eigenvalue weighted by atomic mass is 10.2. The molecule has 0 amide bonds. The van der Waals surface area contributed by atoms with E-state index in [9.17, 15) is 4.39 Å². The van der Waals surface area contributed by atoms with E-state index in [1.807, 2.05) is 0 Å². The van der Waals surface area contributed by atoms with Crippen LogP contribution in [0.5, 0.6) is 0 Å². The minimum Gasteiger partial charge on any atom is -0.421 e. The Bertz CT molecular complexity index is 513. The highest BCUT2D eigenvalue weighted by molar-refractivity contribution is 5.53. The Morgan fingerprint density at radius 2 is 2.05 bits per heavy atom. The fraction of sp³-hybridized carbons (Fsp3) is 0.429. The maximum absolute atomic E-state index is 13.5. The molecule has 0 aliphatic carbocycles. The molecule has 102 valence electrons. The number of aromatic nitrogens is 2. The first kappa shape index (κ1) is 13.7.